The van der Waals surface area contributed by atoms with Crippen molar-refractivity contribution in [2.75, 3.05) is 26.2 Å². The van der Waals surface area contributed by atoms with E-state index < -0.39 is 6.03 Å². The van der Waals surface area contributed by atoms with Crippen molar-refractivity contribution in [1.82, 2.24) is 15.5 Å². The lowest BCUT2D eigenvalue weighted by Crippen LogP contribution is -2.44. The zero-order valence-corrected chi connectivity index (χ0v) is 13.3. The summed E-state index contributed by atoms with van der Waals surface area (Å²) < 4.78 is 0. The summed E-state index contributed by atoms with van der Waals surface area (Å²) >= 11 is 0. The van der Waals surface area contributed by atoms with Gasteiger partial charge in [-0.05, 0) is 50.6 Å². The minimum absolute atomic E-state index is 0.217. The zero-order valence-electron chi connectivity index (χ0n) is 13.3. The third kappa shape index (κ3) is 5.90. The summed E-state index contributed by atoms with van der Waals surface area (Å²) in [6.07, 6.45) is 3.46. The monoisotopic (exact) mass is 283 g/mol. The topological polar surface area (TPSA) is 61.4 Å². The van der Waals surface area contributed by atoms with E-state index in [1.54, 1.807) is 0 Å². The van der Waals surface area contributed by atoms with Crippen LogP contribution < -0.4 is 10.6 Å². The number of likely N-dealkylation sites (tertiary alicyclic amines) is 1. The molecule has 1 aliphatic heterocycles. The van der Waals surface area contributed by atoms with Crippen molar-refractivity contribution in [3.05, 3.63) is 0 Å². The van der Waals surface area contributed by atoms with Crippen molar-refractivity contribution in [2.45, 2.75) is 47.0 Å². The number of urea groups is 1. The van der Waals surface area contributed by atoms with Crippen molar-refractivity contribution in [3.63, 3.8) is 0 Å². The minimum Gasteiger partial charge on any atom is -0.338 e. The van der Waals surface area contributed by atoms with Crippen LogP contribution in [0.1, 0.15) is 47.0 Å². The molecule has 5 nitrogen and oxygen atoms in total. The predicted molar refractivity (Wildman–Crippen MR) is 80.5 cm³/mol. The molecule has 1 rings (SSSR count). The average molecular weight is 283 g/mol. The number of nitrogens with one attached hydrogen (secondary N) is 2. The first-order valence-electron chi connectivity index (χ1n) is 7.63. The molecule has 0 bridgehead atoms. The maximum atomic E-state index is 11.8. The summed E-state index contributed by atoms with van der Waals surface area (Å²) in [4.78, 5) is 25.2. The molecule has 0 aromatic rings. The molecule has 2 N–H and O–H groups in total. The van der Waals surface area contributed by atoms with Crippen LogP contribution in [0.25, 0.3) is 0 Å². The van der Waals surface area contributed by atoms with E-state index in [1.807, 2.05) is 6.92 Å². The summed E-state index contributed by atoms with van der Waals surface area (Å²) in [5, 5.41) is 4.92. The van der Waals surface area contributed by atoms with Gasteiger partial charge in [-0.25, -0.2) is 4.79 Å². The van der Waals surface area contributed by atoms with E-state index in [4.69, 9.17) is 0 Å². The molecule has 116 valence electrons. The molecule has 0 unspecified atom stereocenters. The molecular formula is C15H29N3O2. The largest absolute Gasteiger partial charge is 0.338 e. The lowest BCUT2D eigenvalue weighted by atomic mass is 9.77. The highest BCUT2D eigenvalue weighted by Gasteiger charge is 2.27. The summed E-state index contributed by atoms with van der Waals surface area (Å²) in [7, 11) is 0. The molecule has 1 fully saturated rings. The van der Waals surface area contributed by atoms with Gasteiger partial charge < -0.3 is 5.32 Å². The molecule has 1 atom stereocenters. The average Bonchev–Trinajstić information content (AvgIpc) is 2.53. The Hall–Kier alpha value is -1.10. The molecule has 20 heavy (non-hydrogen) atoms. The van der Waals surface area contributed by atoms with E-state index in [1.165, 1.54) is 6.42 Å². The fraction of sp³-hybridized carbons (Fsp3) is 0.867. The third-order valence-corrected chi connectivity index (χ3v) is 4.00. The second kappa shape index (κ2) is 7.62. The third-order valence-electron chi connectivity index (χ3n) is 4.00. The zero-order chi connectivity index (χ0) is 15.2. The van der Waals surface area contributed by atoms with Crippen LogP contribution in [0.5, 0.6) is 0 Å². The van der Waals surface area contributed by atoms with Gasteiger partial charge in [0.2, 0.25) is 5.91 Å². The fourth-order valence-electron chi connectivity index (χ4n) is 2.75. The van der Waals surface area contributed by atoms with Crippen molar-refractivity contribution in [2.24, 2.45) is 11.3 Å². The van der Waals surface area contributed by atoms with E-state index in [0.29, 0.717) is 24.4 Å². The van der Waals surface area contributed by atoms with E-state index in [0.717, 1.165) is 25.9 Å². The van der Waals surface area contributed by atoms with Crippen LogP contribution in [0.2, 0.25) is 0 Å². The SMILES string of the molecule is CCNC(=O)NC(=O)CN1CCC[C@@H](C(C)(C)C)CC1. The molecule has 0 radical (unpaired) electrons. The molecule has 1 heterocycles. The van der Waals surface area contributed by atoms with Crippen LogP contribution in [-0.4, -0.2) is 43.0 Å². The van der Waals surface area contributed by atoms with Gasteiger partial charge >= 0.3 is 6.03 Å². The van der Waals surface area contributed by atoms with E-state index in [2.05, 4.69) is 36.3 Å². The van der Waals surface area contributed by atoms with Crippen LogP contribution in [-0.2, 0) is 4.79 Å². The maximum absolute atomic E-state index is 11.8. The van der Waals surface area contributed by atoms with Gasteiger partial charge in [-0.15, -0.1) is 0 Å². The Morgan fingerprint density at radius 2 is 1.90 bits per heavy atom. The normalized spacial score (nSPS) is 21.1. The Morgan fingerprint density at radius 3 is 2.50 bits per heavy atom. The Kier molecular flexibility index (Phi) is 6.46. The Balaban J connectivity index is 2.38. The summed E-state index contributed by atoms with van der Waals surface area (Å²) in [5.74, 6) is 0.490. The number of rotatable bonds is 3. The van der Waals surface area contributed by atoms with Crippen molar-refractivity contribution >= 4 is 11.9 Å². The van der Waals surface area contributed by atoms with Crippen LogP contribution in [0.4, 0.5) is 4.79 Å². The lowest BCUT2D eigenvalue weighted by Gasteiger charge is -2.29. The predicted octanol–water partition coefficient (Wildman–Crippen LogP) is 1.98. The smallest absolute Gasteiger partial charge is 0.321 e. The Morgan fingerprint density at radius 1 is 1.20 bits per heavy atom. The molecule has 1 aliphatic rings. The lowest BCUT2D eigenvalue weighted by molar-refractivity contribution is -0.121. The maximum Gasteiger partial charge on any atom is 0.321 e. The van der Waals surface area contributed by atoms with Crippen molar-refractivity contribution in [1.29, 1.82) is 0 Å². The number of imide groups is 1. The number of amides is 3. The molecule has 0 aromatic carbocycles. The molecular weight excluding hydrogens is 254 g/mol. The Bertz CT molecular complexity index is 337. The minimum atomic E-state index is -0.403. The second-order valence-corrected chi connectivity index (χ2v) is 6.68. The highest BCUT2D eigenvalue weighted by atomic mass is 16.2. The number of carbonyl (C=O) groups is 2. The number of hydrogen-bond donors (Lipinski definition) is 2. The van der Waals surface area contributed by atoms with Crippen molar-refractivity contribution in [3.8, 4) is 0 Å². The summed E-state index contributed by atoms with van der Waals surface area (Å²) in [6.45, 7) is 11.4. The first-order valence-corrected chi connectivity index (χ1v) is 7.63. The quantitative estimate of drug-likeness (QED) is 0.832. The number of nitrogens with zero attached hydrogens (tertiary/aromatic N) is 1. The highest BCUT2D eigenvalue weighted by molar-refractivity contribution is 5.95. The van der Waals surface area contributed by atoms with Gasteiger partial charge in [0.1, 0.15) is 0 Å². The molecule has 1 saturated heterocycles. The molecule has 0 aliphatic carbocycles. The van der Waals surface area contributed by atoms with Crippen LogP contribution >= 0.6 is 0 Å². The first-order chi connectivity index (χ1) is 9.32. The number of carbonyl (C=O) groups excluding carboxylic acids is 2. The van der Waals surface area contributed by atoms with E-state index in [-0.39, 0.29) is 5.91 Å². The number of hydrogen-bond acceptors (Lipinski definition) is 3. The van der Waals surface area contributed by atoms with Crippen LogP contribution in [0.15, 0.2) is 0 Å². The van der Waals surface area contributed by atoms with Gasteiger partial charge in [-0.1, -0.05) is 20.8 Å². The van der Waals surface area contributed by atoms with Crippen LogP contribution in [0.3, 0.4) is 0 Å². The van der Waals surface area contributed by atoms with Gasteiger partial charge in [0, 0.05) is 6.54 Å². The first kappa shape index (κ1) is 17.0. The van der Waals surface area contributed by atoms with E-state index >= 15 is 0 Å². The van der Waals surface area contributed by atoms with Crippen molar-refractivity contribution < 1.29 is 9.59 Å². The molecule has 0 spiro atoms. The molecule has 3 amide bonds. The molecule has 0 saturated carbocycles. The van der Waals surface area contributed by atoms with Gasteiger partial charge in [0.15, 0.2) is 0 Å². The fourth-order valence-corrected chi connectivity index (χ4v) is 2.75. The standard InChI is InChI=1S/C15H29N3O2/c1-5-16-14(20)17-13(19)11-18-9-6-7-12(8-10-18)15(2,3)4/h12H,5-11H2,1-4H3,(H2,16,17,19,20)/t12-/m1/s1. The van der Waals surface area contributed by atoms with Crippen LogP contribution in [0, 0.1) is 11.3 Å². The molecule has 5 heteroatoms. The van der Waals surface area contributed by atoms with Gasteiger partial charge in [-0.2, -0.15) is 0 Å². The van der Waals surface area contributed by atoms with Gasteiger partial charge in [0.25, 0.3) is 0 Å². The van der Waals surface area contributed by atoms with Gasteiger partial charge in [-0.3, -0.25) is 15.0 Å². The summed E-state index contributed by atoms with van der Waals surface area (Å²) in [5.41, 5.74) is 0.333. The van der Waals surface area contributed by atoms with E-state index in [9.17, 15) is 9.59 Å². The summed E-state index contributed by atoms with van der Waals surface area (Å²) in [6, 6.07) is -0.403. The second-order valence-electron chi connectivity index (χ2n) is 6.68. The van der Waals surface area contributed by atoms with Gasteiger partial charge in [0.05, 0.1) is 6.54 Å². The highest BCUT2D eigenvalue weighted by Crippen LogP contribution is 2.34. The molecule has 0 aromatic heterocycles. The Labute approximate surface area is 122 Å².